The Morgan fingerprint density at radius 2 is 2.14 bits per heavy atom. The predicted molar refractivity (Wildman–Crippen MR) is 40.4 cm³/mol. The Morgan fingerprint density at radius 1 is 1.50 bits per heavy atom. The molecule has 0 fully saturated rings. The van der Waals surface area contributed by atoms with Gasteiger partial charge in [-0.1, -0.05) is 5.16 Å². The molecule has 0 aliphatic carbocycles. The Morgan fingerprint density at radius 3 is 2.64 bits per heavy atom. The van der Waals surface area contributed by atoms with Gasteiger partial charge >= 0.3 is 12.0 Å². The lowest BCUT2D eigenvalue weighted by Crippen LogP contribution is -2.50. The SMILES string of the molecule is OCCCC1C=NO[C@]1(O)C(F)(F)F. The van der Waals surface area contributed by atoms with Crippen LogP contribution in [0, 0.1) is 5.92 Å². The first-order chi connectivity index (χ1) is 6.42. The van der Waals surface area contributed by atoms with Crippen molar-refractivity contribution >= 4 is 6.21 Å². The zero-order chi connectivity index (χ0) is 10.8. The minimum absolute atomic E-state index is 0.0317. The molecule has 0 radical (unpaired) electrons. The van der Waals surface area contributed by atoms with Crippen LogP contribution in [0.15, 0.2) is 5.16 Å². The highest BCUT2D eigenvalue weighted by Gasteiger charge is 2.63. The van der Waals surface area contributed by atoms with Gasteiger partial charge in [0.1, 0.15) is 0 Å². The third kappa shape index (κ3) is 1.83. The maximum atomic E-state index is 12.3. The van der Waals surface area contributed by atoms with Crippen LogP contribution in [0.3, 0.4) is 0 Å². The number of aliphatic hydroxyl groups excluding tert-OH is 1. The van der Waals surface area contributed by atoms with E-state index < -0.39 is 17.9 Å². The summed E-state index contributed by atoms with van der Waals surface area (Å²) in [5.74, 6) is -4.49. The number of rotatable bonds is 3. The van der Waals surface area contributed by atoms with E-state index in [1.165, 1.54) is 0 Å². The van der Waals surface area contributed by atoms with E-state index in [0.29, 0.717) is 0 Å². The Hall–Kier alpha value is -0.820. The third-order valence-corrected chi connectivity index (χ3v) is 2.01. The van der Waals surface area contributed by atoms with Crippen molar-refractivity contribution < 1.29 is 28.2 Å². The van der Waals surface area contributed by atoms with Gasteiger partial charge in [-0.15, -0.1) is 0 Å². The summed E-state index contributed by atoms with van der Waals surface area (Å²) in [7, 11) is 0. The quantitative estimate of drug-likeness (QED) is 0.723. The molecule has 1 aliphatic heterocycles. The number of hydrogen-bond donors (Lipinski definition) is 2. The summed E-state index contributed by atoms with van der Waals surface area (Å²) in [5.41, 5.74) is 0. The lowest BCUT2D eigenvalue weighted by molar-refractivity contribution is -0.370. The van der Waals surface area contributed by atoms with E-state index in [2.05, 4.69) is 9.99 Å². The Balaban J connectivity index is 2.69. The maximum Gasteiger partial charge on any atom is 0.458 e. The van der Waals surface area contributed by atoms with Crippen LogP contribution < -0.4 is 0 Å². The van der Waals surface area contributed by atoms with Crippen LogP contribution in [0.1, 0.15) is 12.8 Å². The fraction of sp³-hybridized carbons (Fsp3) is 0.857. The minimum Gasteiger partial charge on any atom is -0.396 e. The van der Waals surface area contributed by atoms with E-state index in [0.717, 1.165) is 6.21 Å². The van der Waals surface area contributed by atoms with Crippen molar-refractivity contribution in [1.29, 1.82) is 0 Å². The molecule has 0 saturated carbocycles. The lowest BCUT2D eigenvalue weighted by atomic mass is 9.95. The summed E-state index contributed by atoms with van der Waals surface area (Å²) in [6.45, 7) is -0.238. The van der Waals surface area contributed by atoms with Crippen molar-refractivity contribution in [3.8, 4) is 0 Å². The average molecular weight is 213 g/mol. The number of halogens is 3. The molecule has 1 rings (SSSR count). The van der Waals surface area contributed by atoms with Gasteiger partial charge in [0.25, 0.3) is 0 Å². The Labute approximate surface area is 78.0 Å². The van der Waals surface area contributed by atoms with E-state index in [1.807, 2.05) is 0 Å². The minimum atomic E-state index is -4.89. The van der Waals surface area contributed by atoms with Gasteiger partial charge in [0, 0.05) is 6.61 Å². The van der Waals surface area contributed by atoms with Crippen LogP contribution in [0.2, 0.25) is 0 Å². The molecular weight excluding hydrogens is 203 g/mol. The van der Waals surface area contributed by atoms with Crippen molar-refractivity contribution in [2.75, 3.05) is 6.61 Å². The average Bonchev–Trinajstić information content (AvgIpc) is 2.44. The molecule has 0 amide bonds. The van der Waals surface area contributed by atoms with Gasteiger partial charge in [0.2, 0.25) is 0 Å². The molecule has 1 heterocycles. The molecular formula is C7H10F3NO3. The molecule has 7 heteroatoms. The zero-order valence-electron chi connectivity index (χ0n) is 7.16. The fourth-order valence-electron chi connectivity index (χ4n) is 1.20. The molecule has 1 unspecified atom stereocenters. The second-order valence-corrected chi connectivity index (χ2v) is 3.01. The largest absolute Gasteiger partial charge is 0.458 e. The molecule has 14 heavy (non-hydrogen) atoms. The van der Waals surface area contributed by atoms with Crippen molar-refractivity contribution in [3.05, 3.63) is 0 Å². The van der Waals surface area contributed by atoms with Crippen LogP contribution in [0.4, 0.5) is 13.2 Å². The van der Waals surface area contributed by atoms with Gasteiger partial charge in [-0.3, -0.25) is 0 Å². The van der Waals surface area contributed by atoms with Gasteiger partial charge in [-0.05, 0) is 12.8 Å². The number of nitrogens with zero attached hydrogens (tertiary/aromatic N) is 1. The van der Waals surface area contributed by atoms with Gasteiger partial charge in [0.15, 0.2) is 0 Å². The van der Waals surface area contributed by atoms with Crippen molar-refractivity contribution in [2.45, 2.75) is 24.8 Å². The lowest BCUT2D eigenvalue weighted by Gasteiger charge is -2.28. The third-order valence-electron chi connectivity index (χ3n) is 2.01. The van der Waals surface area contributed by atoms with E-state index in [-0.39, 0.29) is 19.4 Å². The first-order valence-corrected chi connectivity index (χ1v) is 4.03. The van der Waals surface area contributed by atoms with E-state index in [1.54, 1.807) is 0 Å². The van der Waals surface area contributed by atoms with E-state index in [4.69, 9.17) is 10.2 Å². The molecule has 2 N–H and O–H groups in total. The van der Waals surface area contributed by atoms with Gasteiger partial charge < -0.3 is 15.1 Å². The summed E-state index contributed by atoms with van der Waals surface area (Å²) < 4.78 is 36.9. The monoisotopic (exact) mass is 213 g/mol. The normalized spacial score (nSPS) is 31.9. The molecule has 0 bridgehead atoms. The number of aliphatic hydroxyl groups is 2. The highest BCUT2D eigenvalue weighted by atomic mass is 19.4. The van der Waals surface area contributed by atoms with E-state index in [9.17, 15) is 13.2 Å². The van der Waals surface area contributed by atoms with Crippen molar-refractivity contribution in [1.82, 2.24) is 0 Å². The molecule has 1 aliphatic rings. The molecule has 0 saturated heterocycles. The summed E-state index contributed by atoms with van der Waals surface area (Å²) >= 11 is 0. The van der Waals surface area contributed by atoms with Gasteiger partial charge in [-0.2, -0.15) is 13.2 Å². The first kappa shape index (κ1) is 11.3. The van der Waals surface area contributed by atoms with Crippen LogP contribution in [-0.4, -0.2) is 35.0 Å². The van der Waals surface area contributed by atoms with Crippen LogP contribution in [0.25, 0.3) is 0 Å². The standard InChI is InChI=1S/C7H10F3NO3/c8-7(9,10)6(13)5(2-1-3-12)4-11-14-6/h4-5,12-13H,1-3H2/t5?,6-/m0/s1. The Bertz CT molecular complexity index is 231. The highest BCUT2D eigenvalue weighted by molar-refractivity contribution is 5.63. The molecule has 0 aromatic heterocycles. The highest BCUT2D eigenvalue weighted by Crippen LogP contribution is 2.41. The molecule has 0 aromatic rings. The maximum absolute atomic E-state index is 12.3. The molecule has 4 nitrogen and oxygen atoms in total. The second-order valence-electron chi connectivity index (χ2n) is 3.01. The summed E-state index contributed by atoms with van der Waals surface area (Å²) in [5, 5.41) is 20.6. The van der Waals surface area contributed by atoms with Gasteiger partial charge in [-0.25, -0.2) is 0 Å². The molecule has 0 aromatic carbocycles. The van der Waals surface area contributed by atoms with Crippen molar-refractivity contribution in [2.24, 2.45) is 11.1 Å². The fourth-order valence-corrected chi connectivity index (χ4v) is 1.20. The van der Waals surface area contributed by atoms with Crippen LogP contribution in [-0.2, 0) is 4.84 Å². The predicted octanol–water partition coefficient (Wildman–Crippen LogP) is 0.642. The Kier molecular flexibility index (Phi) is 3.01. The summed E-state index contributed by atoms with van der Waals surface area (Å²) in [4.78, 5) is 3.93. The van der Waals surface area contributed by atoms with Crippen LogP contribution in [0.5, 0.6) is 0 Å². The number of hydrogen-bond acceptors (Lipinski definition) is 4. The zero-order valence-corrected chi connectivity index (χ0v) is 7.16. The van der Waals surface area contributed by atoms with Crippen molar-refractivity contribution in [3.63, 3.8) is 0 Å². The van der Waals surface area contributed by atoms with Gasteiger partial charge in [0.05, 0.1) is 12.1 Å². The summed E-state index contributed by atoms with van der Waals surface area (Å²) in [6.07, 6.45) is -3.86. The molecule has 0 spiro atoms. The second kappa shape index (κ2) is 3.74. The first-order valence-electron chi connectivity index (χ1n) is 4.03. The van der Waals surface area contributed by atoms with Crippen LogP contribution >= 0.6 is 0 Å². The van der Waals surface area contributed by atoms with E-state index >= 15 is 0 Å². The molecule has 82 valence electrons. The topological polar surface area (TPSA) is 62.1 Å². The molecule has 2 atom stereocenters. The number of oxime groups is 1. The summed E-state index contributed by atoms with van der Waals surface area (Å²) in [6, 6.07) is 0. The number of alkyl halides is 3. The smallest absolute Gasteiger partial charge is 0.396 e.